The molecule has 1 amide bonds. The van der Waals surface area contributed by atoms with Gasteiger partial charge in [0, 0.05) is 6.92 Å². The molecule has 0 saturated heterocycles. The number of benzene rings is 1. The average molecular weight is 312 g/mol. The molecule has 0 aliphatic carbocycles. The van der Waals surface area contributed by atoms with E-state index in [0.717, 1.165) is 0 Å². The Hall–Kier alpha value is -1.76. The number of nitrogens with zero attached hydrogens (tertiary/aromatic N) is 1. The monoisotopic (exact) mass is 312 g/mol. The van der Waals surface area contributed by atoms with Gasteiger partial charge in [-0.25, -0.2) is 8.42 Å². The van der Waals surface area contributed by atoms with Gasteiger partial charge < -0.3 is 9.64 Å². The number of fused-ring (bicyclic) bond motifs is 1. The Morgan fingerprint density at radius 3 is 2.57 bits per heavy atom. The second-order valence-corrected chi connectivity index (χ2v) is 8.33. The second-order valence-electron chi connectivity index (χ2n) is 5.89. The van der Waals surface area contributed by atoms with Crippen molar-refractivity contribution in [3.8, 4) is 5.75 Å². The van der Waals surface area contributed by atoms with Crippen LogP contribution in [-0.4, -0.2) is 32.2 Å². The maximum atomic E-state index is 12.3. The molecule has 1 N–H and O–H groups in total. The normalized spacial score (nSPS) is 15.1. The van der Waals surface area contributed by atoms with Crippen LogP contribution in [0.25, 0.3) is 0 Å². The Labute approximate surface area is 125 Å². The number of sulfonamides is 1. The summed E-state index contributed by atoms with van der Waals surface area (Å²) in [4.78, 5) is 13.2. The van der Waals surface area contributed by atoms with E-state index >= 15 is 0 Å². The zero-order chi connectivity index (χ0) is 15.8. The zero-order valence-corrected chi connectivity index (χ0v) is 13.5. The van der Waals surface area contributed by atoms with Gasteiger partial charge in [0.15, 0.2) is 5.75 Å². The van der Waals surface area contributed by atoms with Gasteiger partial charge in [-0.3, -0.25) is 9.52 Å². The van der Waals surface area contributed by atoms with Crippen LogP contribution in [0.5, 0.6) is 5.75 Å². The summed E-state index contributed by atoms with van der Waals surface area (Å²) in [6.45, 7) is 7.12. The SMILES string of the molecule is CC(=O)N1CCOc2c(NS(=O)(=O)C(C)(C)C)cccc21. The van der Waals surface area contributed by atoms with Crippen molar-refractivity contribution in [3.05, 3.63) is 18.2 Å². The fourth-order valence-electron chi connectivity index (χ4n) is 1.95. The fraction of sp³-hybridized carbons (Fsp3) is 0.500. The quantitative estimate of drug-likeness (QED) is 0.906. The van der Waals surface area contributed by atoms with Gasteiger partial charge in [-0.2, -0.15) is 0 Å². The third-order valence-corrected chi connectivity index (χ3v) is 5.38. The predicted molar refractivity (Wildman–Crippen MR) is 82.3 cm³/mol. The number of carbonyl (C=O) groups is 1. The molecular formula is C14H20N2O4S. The van der Waals surface area contributed by atoms with Crippen LogP contribution in [-0.2, 0) is 14.8 Å². The lowest BCUT2D eigenvalue weighted by Gasteiger charge is -2.30. The third-order valence-electron chi connectivity index (χ3n) is 3.28. The first-order chi connectivity index (χ1) is 9.63. The van der Waals surface area contributed by atoms with E-state index in [-0.39, 0.29) is 5.91 Å². The molecule has 0 saturated carbocycles. The van der Waals surface area contributed by atoms with Crippen molar-refractivity contribution in [2.75, 3.05) is 22.8 Å². The van der Waals surface area contributed by atoms with Gasteiger partial charge in [0.1, 0.15) is 6.61 Å². The van der Waals surface area contributed by atoms with E-state index < -0.39 is 14.8 Å². The molecule has 0 atom stereocenters. The summed E-state index contributed by atoms with van der Waals surface area (Å²) in [5, 5.41) is 0. The van der Waals surface area contributed by atoms with Crippen molar-refractivity contribution in [1.29, 1.82) is 0 Å². The number of anilines is 2. The standard InChI is InChI=1S/C14H20N2O4S/c1-10(17)16-8-9-20-13-11(6-5-7-12(13)16)15-21(18,19)14(2,3)4/h5-7,15H,8-9H2,1-4H3. The second kappa shape index (κ2) is 5.22. The van der Waals surface area contributed by atoms with Crippen LogP contribution in [0.3, 0.4) is 0 Å². The van der Waals surface area contributed by atoms with E-state index in [0.29, 0.717) is 30.3 Å². The summed E-state index contributed by atoms with van der Waals surface area (Å²) in [5.74, 6) is 0.294. The Balaban J connectivity index is 2.45. The maximum absolute atomic E-state index is 12.3. The Morgan fingerprint density at radius 1 is 1.33 bits per heavy atom. The van der Waals surface area contributed by atoms with Crippen molar-refractivity contribution >= 4 is 27.3 Å². The highest BCUT2D eigenvalue weighted by molar-refractivity contribution is 7.94. The van der Waals surface area contributed by atoms with Gasteiger partial charge in [0.2, 0.25) is 15.9 Å². The van der Waals surface area contributed by atoms with Crippen molar-refractivity contribution in [2.45, 2.75) is 32.4 Å². The van der Waals surface area contributed by atoms with Crippen molar-refractivity contribution in [2.24, 2.45) is 0 Å². The fourth-order valence-corrected chi connectivity index (χ4v) is 2.71. The first kappa shape index (κ1) is 15.6. The molecule has 0 fully saturated rings. The van der Waals surface area contributed by atoms with E-state index in [9.17, 15) is 13.2 Å². The predicted octanol–water partition coefficient (Wildman–Crippen LogP) is 1.97. The van der Waals surface area contributed by atoms with E-state index in [2.05, 4.69) is 4.72 Å². The average Bonchev–Trinajstić information content (AvgIpc) is 2.36. The van der Waals surface area contributed by atoms with Crippen LogP contribution in [0.15, 0.2) is 18.2 Å². The molecule has 1 aromatic carbocycles. The lowest BCUT2D eigenvalue weighted by molar-refractivity contribution is -0.116. The molecular weight excluding hydrogens is 292 g/mol. The molecule has 2 rings (SSSR count). The highest BCUT2D eigenvalue weighted by Crippen LogP contribution is 2.39. The van der Waals surface area contributed by atoms with Crippen LogP contribution in [0.2, 0.25) is 0 Å². The van der Waals surface area contributed by atoms with Crippen LogP contribution in [0.1, 0.15) is 27.7 Å². The van der Waals surface area contributed by atoms with Crippen molar-refractivity contribution in [1.82, 2.24) is 0 Å². The van der Waals surface area contributed by atoms with E-state index in [4.69, 9.17) is 4.74 Å². The molecule has 0 spiro atoms. The summed E-state index contributed by atoms with van der Waals surface area (Å²) in [6.07, 6.45) is 0. The maximum Gasteiger partial charge on any atom is 0.237 e. The summed E-state index contributed by atoms with van der Waals surface area (Å²) in [5.41, 5.74) is 0.941. The van der Waals surface area contributed by atoms with Crippen LogP contribution in [0, 0.1) is 0 Å². The highest BCUT2D eigenvalue weighted by Gasteiger charge is 2.31. The molecule has 6 nitrogen and oxygen atoms in total. The zero-order valence-electron chi connectivity index (χ0n) is 12.6. The van der Waals surface area contributed by atoms with Gasteiger partial charge >= 0.3 is 0 Å². The molecule has 21 heavy (non-hydrogen) atoms. The van der Waals surface area contributed by atoms with Crippen LogP contribution < -0.4 is 14.4 Å². The molecule has 0 bridgehead atoms. The minimum Gasteiger partial charge on any atom is -0.487 e. The molecule has 1 heterocycles. The molecule has 7 heteroatoms. The van der Waals surface area contributed by atoms with Gasteiger partial charge in [0.05, 0.1) is 22.7 Å². The first-order valence-corrected chi connectivity index (χ1v) is 8.18. The number of rotatable bonds is 2. The van der Waals surface area contributed by atoms with Gasteiger partial charge in [-0.05, 0) is 32.9 Å². The molecule has 1 aliphatic rings. The van der Waals surface area contributed by atoms with E-state index in [1.165, 1.54) is 6.92 Å². The lowest BCUT2D eigenvalue weighted by Crippen LogP contribution is -2.37. The number of ether oxygens (including phenoxy) is 1. The molecule has 1 aromatic rings. The number of para-hydroxylation sites is 1. The molecule has 0 aromatic heterocycles. The minimum atomic E-state index is -3.56. The summed E-state index contributed by atoms with van der Waals surface area (Å²) >= 11 is 0. The number of hydrogen-bond donors (Lipinski definition) is 1. The summed E-state index contributed by atoms with van der Waals surface area (Å²) in [6, 6.07) is 5.07. The van der Waals surface area contributed by atoms with Crippen LogP contribution in [0.4, 0.5) is 11.4 Å². The Bertz CT molecular complexity index is 662. The smallest absolute Gasteiger partial charge is 0.237 e. The molecule has 0 radical (unpaired) electrons. The lowest BCUT2D eigenvalue weighted by atomic mass is 10.2. The minimum absolute atomic E-state index is 0.102. The van der Waals surface area contributed by atoms with Gasteiger partial charge in [-0.1, -0.05) is 6.07 Å². The van der Waals surface area contributed by atoms with Gasteiger partial charge in [0.25, 0.3) is 0 Å². The third kappa shape index (κ3) is 2.97. The van der Waals surface area contributed by atoms with Crippen molar-refractivity contribution < 1.29 is 17.9 Å². The Kier molecular flexibility index (Phi) is 3.88. The Morgan fingerprint density at radius 2 is 2.00 bits per heavy atom. The largest absolute Gasteiger partial charge is 0.487 e. The molecule has 116 valence electrons. The molecule has 0 unspecified atom stereocenters. The van der Waals surface area contributed by atoms with Crippen LogP contribution >= 0.6 is 0 Å². The summed E-state index contributed by atoms with van der Waals surface area (Å²) < 4.78 is 31.7. The first-order valence-electron chi connectivity index (χ1n) is 6.70. The highest BCUT2D eigenvalue weighted by atomic mass is 32.2. The van der Waals surface area contributed by atoms with Crippen molar-refractivity contribution in [3.63, 3.8) is 0 Å². The number of carbonyl (C=O) groups excluding carboxylic acids is 1. The number of hydrogen-bond acceptors (Lipinski definition) is 4. The molecule has 1 aliphatic heterocycles. The number of amides is 1. The number of nitrogens with one attached hydrogen (secondary N) is 1. The summed E-state index contributed by atoms with van der Waals surface area (Å²) in [7, 11) is -3.56. The van der Waals surface area contributed by atoms with E-state index in [1.54, 1.807) is 43.9 Å². The topological polar surface area (TPSA) is 75.7 Å². The van der Waals surface area contributed by atoms with E-state index in [1.807, 2.05) is 0 Å². The van der Waals surface area contributed by atoms with Gasteiger partial charge in [-0.15, -0.1) is 0 Å².